The van der Waals surface area contributed by atoms with Gasteiger partial charge in [-0.15, -0.1) is 0 Å². The Morgan fingerprint density at radius 1 is 0.269 bits per heavy atom. The van der Waals surface area contributed by atoms with Gasteiger partial charge in [0, 0.05) is 19.3 Å². The molecule has 1 atom stereocenters. The number of hydrogen-bond donors (Lipinski definition) is 0. The maximum Gasteiger partial charge on any atom is 0.306 e. The molecule has 0 saturated heterocycles. The summed E-state index contributed by atoms with van der Waals surface area (Å²) in [5.74, 6) is -0.894. The normalized spacial score (nSPS) is 12.3. The molecule has 0 aromatic carbocycles. The summed E-state index contributed by atoms with van der Waals surface area (Å²) in [6, 6.07) is 0. The maximum atomic E-state index is 12.9. The van der Waals surface area contributed by atoms with Crippen molar-refractivity contribution in [2.24, 2.45) is 0 Å². The van der Waals surface area contributed by atoms with Crippen LogP contribution in [0, 0.1) is 0 Å². The van der Waals surface area contributed by atoms with Crippen molar-refractivity contribution in [2.45, 2.75) is 380 Å². The summed E-state index contributed by atoms with van der Waals surface area (Å²) in [5.41, 5.74) is 0. The predicted octanol–water partition coefficient (Wildman–Crippen LogP) is 23.7. The van der Waals surface area contributed by atoms with Crippen LogP contribution in [-0.4, -0.2) is 37.2 Å². The van der Waals surface area contributed by atoms with E-state index < -0.39 is 6.10 Å². The Morgan fingerprint density at radius 3 is 0.808 bits per heavy atom. The Morgan fingerprint density at radius 2 is 0.500 bits per heavy atom. The quantitative estimate of drug-likeness (QED) is 0.0261. The van der Waals surface area contributed by atoms with Crippen LogP contribution in [0.25, 0.3) is 0 Å². The molecule has 6 heteroatoms. The molecule has 0 aliphatic heterocycles. The standard InChI is InChI=1S/C72H132O6/c1-4-7-10-13-16-19-22-25-27-29-31-32-33-34-35-36-37-38-39-40-41-43-44-47-50-53-56-59-62-65-71(74)77-68-69(67-76-70(73)64-61-58-55-52-49-46-24-21-18-15-12-9-6-3)78-72(75)66-63-60-57-54-51-48-45-42-30-28-26-23-20-17-14-11-8-5-2/h9,12,18,21,28,30,46,49,69H,4-8,10-11,13-17,19-20,22-27,29,31-45,47-48,50-68H2,1-3H3/b12-9-,21-18-,30-28-,49-46-. The number of unbranched alkanes of at least 4 members (excludes halogenated alkanes) is 45. The van der Waals surface area contributed by atoms with Crippen LogP contribution < -0.4 is 0 Å². The molecule has 0 saturated carbocycles. The zero-order valence-electron chi connectivity index (χ0n) is 52.5. The third kappa shape index (κ3) is 64.2. The van der Waals surface area contributed by atoms with E-state index in [1.165, 1.54) is 250 Å². The summed E-state index contributed by atoms with van der Waals surface area (Å²) in [6.45, 7) is 6.56. The molecule has 0 aromatic heterocycles. The molecule has 0 amide bonds. The van der Waals surface area contributed by atoms with Gasteiger partial charge >= 0.3 is 17.9 Å². The highest BCUT2D eigenvalue weighted by Gasteiger charge is 2.19. The van der Waals surface area contributed by atoms with E-state index in [9.17, 15) is 14.4 Å². The third-order valence-electron chi connectivity index (χ3n) is 15.6. The molecule has 456 valence electrons. The lowest BCUT2D eigenvalue weighted by Gasteiger charge is -2.18. The van der Waals surface area contributed by atoms with Gasteiger partial charge in [-0.1, -0.05) is 326 Å². The van der Waals surface area contributed by atoms with Crippen molar-refractivity contribution in [1.82, 2.24) is 0 Å². The van der Waals surface area contributed by atoms with Crippen molar-refractivity contribution in [3.05, 3.63) is 48.6 Å². The van der Waals surface area contributed by atoms with E-state index in [0.717, 1.165) is 83.5 Å². The molecule has 1 unspecified atom stereocenters. The molecular weight excluding hydrogens is 961 g/mol. The molecule has 0 rings (SSSR count). The van der Waals surface area contributed by atoms with Crippen molar-refractivity contribution >= 4 is 17.9 Å². The van der Waals surface area contributed by atoms with E-state index in [2.05, 4.69) is 69.4 Å². The third-order valence-corrected chi connectivity index (χ3v) is 15.6. The second-order valence-corrected chi connectivity index (χ2v) is 23.4. The maximum absolute atomic E-state index is 12.9. The van der Waals surface area contributed by atoms with Crippen LogP contribution in [0.2, 0.25) is 0 Å². The van der Waals surface area contributed by atoms with Gasteiger partial charge in [-0.25, -0.2) is 0 Å². The lowest BCUT2D eigenvalue weighted by atomic mass is 10.0. The summed E-state index contributed by atoms with van der Waals surface area (Å²) in [4.78, 5) is 38.3. The minimum Gasteiger partial charge on any atom is -0.462 e. The summed E-state index contributed by atoms with van der Waals surface area (Å²) < 4.78 is 16.9. The average molecular weight is 1090 g/mol. The lowest BCUT2D eigenvalue weighted by molar-refractivity contribution is -0.167. The molecule has 6 nitrogen and oxygen atoms in total. The molecule has 0 spiro atoms. The Kier molecular flexibility index (Phi) is 64.6. The highest BCUT2D eigenvalue weighted by atomic mass is 16.6. The number of ether oxygens (including phenoxy) is 3. The molecular formula is C72H132O6. The minimum atomic E-state index is -0.787. The zero-order valence-corrected chi connectivity index (χ0v) is 52.5. The van der Waals surface area contributed by atoms with Gasteiger partial charge in [0.1, 0.15) is 13.2 Å². The number of carbonyl (C=O) groups excluding carboxylic acids is 3. The van der Waals surface area contributed by atoms with Crippen LogP contribution in [-0.2, 0) is 28.6 Å². The van der Waals surface area contributed by atoms with Crippen molar-refractivity contribution in [3.63, 3.8) is 0 Å². The fourth-order valence-corrected chi connectivity index (χ4v) is 10.4. The van der Waals surface area contributed by atoms with Gasteiger partial charge < -0.3 is 14.2 Å². The Hall–Kier alpha value is -2.63. The number of esters is 3. The Balaban J connectivity index is 4.19. The van der Waals surface area contributed by atoms with Crippen LogP contribution in [0.4, 0.5) is 0 Å². The molecule has 0 N–H and O–H groups in total. The zero-order chi connectivity index (χ0) is 56.4. The van der Waals surface area contributed by atoms with E-state index >= 15 is 0 Å². The monoisotopic (exact) mass is 1090 g/mol. The first-order chi connectivity index (χ1) is 38.5. The van der Waals surface area contributed by atoms with Crippen LogP contribution >= 0.6 is 0 Å². The molecule has 78 heavy (non-hydrogen) atoms. The number of rotatable bonds is 64. The van der Waals surface area contributed by atoms with Gasteiger partial charge in [-0.05, 0) is 77.0 Å². The second-order valence-electron chi connectivity index (χ2n) is 23.4. The largest absolute Gasteiger partial charge is 0.462 e. The molecule has 0 bridgehead atoms. The molecule has 0 aliphatic carbocycles. The molecule has 0 aromatic rings. The van der Waals surface area contributed by atoms with E-state index in [4.69, 9.17) is 14.2 Å². The smallest absolute Gasteiger partial charge is 0.306 e. The van der Waals surface area contributed by atoms with Gasteiger partial charge in [0.05, 0.1) is 0 Å². The highest BCUT2D eigenvalue weighted by molar-refractivity contribution is 5.71. The number of hydrogen-bond acceptors (Lipinski definition) is 6. The topological polar surface area (TPSA) is 78.9 Å². The fraction of sp³-hybridized carbons (Fsp3) is 0.847. The van der Waals surface area contributed by atoms with Crippen LogP contribution in [0.15, 0.2) is 48.6 Å². The summed E-state index contributed by atoms with van der Waals surface area (Å²) in [5, 5.41) is 0. The van der Waals surface area contributed by atoms with Gasteiger partial charge in [0.15, 0.2) is 6.10 Å². The first-order valence-corrected chi connectivity index (χ1v) is 34.6. The van der Waals surface area contributed by atoms with Crippen LogP contribution in [0.5, 0.6) is 0 Å². The van der Waals surface area contributed by atoms with Crippen molar-refractivity contribution in [2.75, 3.05) is 13.2 Å². The van der Waals surface area contributed by atoms with Gasteiger partial charge in [-0.2, -0.15) is 0 Å². The van der Waals surface area contributed by atoms with E-state index in [1.807, 2.05) is 0 Å². The first kappa shape index (κ1) is 75.4. The van der Waals surface area contributed by atoms with Crippen LogP contribution in [0.1, 0.15) is 374 Å². The second kappa shape index (κ2) is 66.9. The minimum absolute atomic E-state index is 0.0807. The van der Waals surface area contributed by atoms with E-state index in [1.54, 1.807) is 0 Å². The number of allylic oxidation sites excluding steroid dienone is 8. The molecule has 0 aliphatic rings. The van der Waals surface area contributed by atoms with Crippen molar-refractivity contribution < 1.29 is 28.6 Å². The van der Waals surface area contributed by atoms with Gasteiger partial charge in [0.2, 0.25) is 0 Å². The SMILES string of the molecule is CC/C=C\C/C=C\C/C=C\CCCCCC(=O)OCC(COC(=O)CCCCCCCCCCCCCCCCCCCCCCCCCCCCCCC)OC(=O)CCCCCCCCC/C=C\CCCCCCCCC. The Bertz CT molecular complexity index is 1350. The van der Waals surface area contributed by atoms with E-state index in [-0.39, 0.29) is 31.1 Å². The van der Waals surface area contributed by atoms with Crippen molar-refractivity contribution in [3.8, 4) is 0 Å². The van der Waals surface area contributed by atoms with E-state index in [0.29, 0.717) is 19.3 Å². The van der Waals surface area contributed by atoms with Gasteiger partial charge in [-0.3, -0.25) is 14.4 Å². The molecule has 0 radical (unpaired) electrons. The van der Waals surface area contributed by atoms with Crippen LogP contribution in [0.3, 0.4) is 0 Å². The highest BCUT2D eigenvalue weighted by Crippen LogP contribution is 2.18. The summed E-state index contributed by atoms with van der Waals surface area (Å²) in [7, 11) is 0. The summed E-state index contributed by atoms with van der Waals surface area (Å²) in [6.07, 6.45) is 84.4. The summed E-state index contributed by atoms with van der Waals surface area (Å²) >= 11 is 0. The molecule has 0 fully saturated rings. The lowest BCUT2D eigenvalue weighted by Crippen LogP contribution is -2.30. The van der Waals surface area contributed by atoms with Crippen molar-refractivity contribution in [1.29, 1.82) is 0 Å². The van der Waals surface area contributed by atoms with Gasteiger partial charge in [0.25, 0.3) is 0 Å². The first-order valence-electron chi connectivity index (χ1n) is 34.6. The Labute approximate surface area is 486 Å². The molecule has 0 heterocycles. The number of carbonyl (C=O) groups is 3. The fourth-order valence-electron chi connectivity index (χ4n) is 10.4. The predicted molar refractivity (Wildman–Crippen MR) is 339 cm³/mol. The average Bonchev–Trinajstić information content (AvgIpc) is 3.44.